The fourth-order valence-corrected chi connectivity index (χ4v) is 2.66. The smallest absolute Gasteiger partial charge is 0.251 e. The quantitative estimate of drug-likeness (QED) is 0.834. The van der Waals surface area contributed by atoms with E-state index in [1.54, 1.807) is 12.1 Å². The summed E-state index contributed by atoms with van der Waals surface area (Å²) >= 11 is 5.71. The van der Waals surface area contributed by atoms with E-state index >= 15 is 0 Å². The molecule has 19 heavy (non-hydrogen) atoms. The van der Waals surface area contributed by atoms with E-state index in [2.05, 4.69) is 5.32 Å². The molecule has 4 heteroatoms. The summed E-state index contributed by atoms with van der Waals surface area (Å²) < 4.78 is 0. The van der Waals surface area contributed by atoms with Crippen LogP contribution in [0.25, 0.3) is 0 Å². The van der Waals surface area contributed by atoms with Crippen molar-refractivity contribution in [2.45, 2.75) is 43.6 Å². The number of benzene rings is 1. The number of nitrogens with one attached hydrogen (secondary N) is 1. The largest absolute Gasteiger partial charge is 0.388 e. The lowest BCUT2D eigenvalue weighted by Gasteiger charge is -2.32. The molecule has 3 nitrogen and oxygen atoms in total. The molecule has 1 aliphatic rings. The first-order valence-corrected chi connectivity index (χ1v) is 7.32. The Morgan fingerprint density at radius 2 is 1.84 bits per heavy atom. The number of alkyl halides is 1. The van der Waals surface area contributed by atoms with Crippen molar-refractivity contribution in [2.24, 2.45) is 0 Å². The highest BCUT2D eigenvalue weighted by Crippen LogP contribution is 2.27. The third kappa shape index (κ3) is 3.95. The maximum Gasteiger partial charge on any atom is 0.251 e. The second-order valence-corrected chi connectivity index (χ2v) is 5.57. The molecule has 2 rings (SSSR count). The van der Waals surface area contributed by atoms with E-state index in [1.807, 2.05) is 12.1 Å². The number of hydrogen-bond acceptors (Lipinski definition) is 2. The summed E-state index contributed by atoms with van der Waals surface area (Å²) in [7, 11) is 0. The van der Waals surface area contributed by atoms with E-state index < -0.39 is 5.60 Å². The molecule has 0 spiro atoms. The lowest BCUT2D eigenvalue weighted by molar-refractivity contribution is 0.00526. The summed E-state index contributed by atoms with van der Waals surface area (Å²) in [5.74, 6) is 0.307. The zero-order valence-corrected chi connectivity index (χ0v) is 11.7. The average Bonchev–Trinajstić information content (AvgIpc) is 2.46. The summed E-state index contributed by atoms with van der Waals surface area (Å²) in [5, 5.41) is 13.1. The highest BCUT2D eigenvalue weighted by atomic mass is 35.5. The van der Waals surface area contributed by atoms with Gasteiger partial charge < -0.3 is 10.4 Å². The van der Waals surface area contributed by atoms with Crippen molar-refractivity contribution < 1.29 is 9.90 Å². The highest BCUT2D eigenvalue weighted by Gasteiger charge is 2.29. The predicted molar refractivity (Wildman–Crippen MR) is 76.4 cm³/mol. The minimum absolute atomic E-state index is 0.139. The minimum atomic E-state index is -0.718. The van der Waals surface area contributed by atoms with Crippen LogP contribution in [-0.2, 0) is 5.88 Å². The van der Waals surface area contributed by atoms with E-state index in [0.717, 1.165) is 31.2 Å². The van der Waals surface area contributed by atoms with Crippen LogP contribution in [0.3, 0.4) is 0 Å². The van der Waals surface area contributed by atoms with Crippen LogP contribution in [0, 0.1) is 0 Å². The molecule has 0 unspecified atom stereocenters. The second kappa shape index (κ2) is 6.40. The molecule has 1 saturated carbocycles. The van der Waals surface area contributed by atoms with Crippen molar-refractivity contribution in [3.05, 3.63) is 35.4 Å². The standard InChI is InChI=1S/C15H20ClNO2/c16-10-12-4-6-13(7-5-12)14(18)17-11-15(19)8-2-1-3-9-15/h4-7,19H,1-3,8-11H2,(H,17,18). The third-order valence-corrected chi connectivity index (χ3v) is 4.04. The Morgan fingerprint density at radius 3 is 2.42 bits per heavy atom. The van der Waals surface area contributed by atoms with Gasteiger partial charge in [0.15, 0.2) is 0 Å². The molecule has 1 amide bonds. The van der Waals surface area contributed by atoms with Gasteiger partial charge in [-0.25, -0.2) is 0 Å². The van der Waals surface area contributed by atoms with Crippen molar-refractivity contribution in [1.29, 1.82) is 0 Å². The van der Waals surface area contributed by atoms with Crippen molar-refractivity contribution in [1.82, 2.24) is 5.32 Å². The van der Waals surface area contributed by atoms with Gasteiger partial charge in [0.05, 0.1) is 5.60 Å². The van der Waals surface area contributed by atoms with E-state index in [0.29, 0.717) is 18.0 Å². The third-order valence-electron chi connectivity index (χ3n) is 3.73. The number of rotatable bonds is 4. The first-order chi connectivity index (χ1) is 9.13. The lowest BCUT2D eigenvalue weighted by Crippen LogP contribution is -2.44. The van der Waals surface area contributed by atoms with Crippen molar-refractivity contribution in [2.75, 3.05) is 6.54 Å². The van der Waals surface area contributed by atoms with Crippen LogP contribution in [-0.4, -0.2) is 23.2 Å². The van der Waals surface area contributed by atoms with Crippen LogP contribution < -0.4 is 5.32 Å². The topological polar surface area (TPSA) is 49.3 Å². The Balaban J connectivity index is 1.89. The molecule has 2 N–H and O–H groups in total. The maximum atomic E-state index is 12.0. The molecule has 0 radical (unpaired) electrons. The molecule has 0 aliphatic heterocycles. The van der Waals surface area contributed by atoms with E-state index in [1.165, 1.54) is 6.42 Å². The van der Waals surface area contributed by atoms with E-state index in [9.17, 15) is 9.90 Å². The van der Waals surface area contributed by atoms with Gasteiger partial charge in [0.1, 0.15) is 0 Å². The van der Waals surface area contributed by atoms with Gasteiger partial charge in [-0.2, -0.15) is 0 Å². The maximum absolute atomic E-state index is 12.0. The van der Waals surface area contributed by atoms with Crippen LogP contribution in [0.1, 0.15) is 48.0 Å². The summed E-state index contributed by atoms with van der Waals surface area (Å²) in [5.41, 5.74) is 0.877. The Hall–Kier alpha value is -1.06. The van der Waals surface area contributed by atoms with E-state index in [-0.39, 0.29) is 5.91 Å². The van der Waals surface area contributed by atoms with Crippen molar-refractivity contribution in [3.63, 3.8) is 0 Å². The minimum Gasteiger partial charge on any atom is -0.388 e. The van der Waals surface area contributed by atoms with Gasteiger partial charge in [0.25, 0.3) is 5.91 Å². The van der Waals surface area contributed by atoms with Gasteiger partial charge in [-0.15, -0.1) is 11.6 Å². The van der Waals surface area contributed by atoms with Gasteiger partial charge in [0.2, 0.25) is 0 Å². The number of hydrogen-bond donors (Lipinski definition) is 2. The van der Waals surface area contributed by atoms with Crippen LogP contribution in [0.5, 0.6) is 0 Å². The molecular weight excluding hydrogens is 262 g/mol. The number of carbonyl (C=O) groups is 1. The molecular formula is C15H20ClNO2. The molecule has 0 saturated heterocycles. The molecule has 0 heterocycles. The summed E-state index contributed by atoms with van der Waals surface area (Å²) in [6, 6.07) is 7.21. The molecule has 1 aromatic carbocycles. The van der Waals surface area contributed by atoms with Gasteiger partial charge in [-0.3, -0.25) is 4.79 Å². The summed E-state index contributed by atoms with van der Waals surface area (Å²) in [6.45, 7) is 0.336. The van der Waals surface area contributed by atoms with Gasteiger partial charge in [-0.1, -0.05) is 31.4 Å². The van der Waals surface area contributed by atoms with Crippen LogP contribution >= 0.6 is 11.6 Å². The Morgan fingerprint density at radius 1 is 1.21 bits per heavy atom. The Kier molecular flexibility index (Phi) is 4.83. The number of amides is 1. The first-order valence-electron chi connectivity index (χ1n) is 6.78. The summed E-state index contributed by atoms with van der Waals surface area (Å²) in [6.07, 6.45) is 4.81. The average molecular weight is 282 g/mol. The van der Waals surface area contributed by atoms with Gasteiger partial charge in [-0.05, 0) is 30.5 Å². The normalized spacial score (nSPS) is 18.0. The van der Waals surface area contributed by atoms with Gasteiger partial charge in [0, 0.05) is 18.0 Å². The predicted octanol–water partition coefficient (Wildman–Crippen LogP) is 2.85. The summed E-state index contributed by atoms with van der Waals surface area (Å²) in [4.78, 5) is 12.0. The molecule has 1 aromatic rings. The zero-order valence-electron chi connectivity index (χ0n) is 11.0. The number of carbonyl (C=O) groups excluding carboxylic acids is 1. The Labute approximate surface area is 119 Å². The molecule has 0 aromatic heterocycles. The first kappa shape index (κ1) is 14.4. The molecule has 104 valence electrons. The monoisotopic (exact) mass is 281 g/mol. The van der Waals surface area contributed by atoms with Gasteiger partial charge >= 0.3 is 0 Å². The van der Waals surface area contributed by atoms with Crippen molar-refractivity contribution in [3.8, 4) is 0 Å². The second-order valence-electron chi connectivity index (χ2n) is 5.30. The lowest BCUT2D eigenvalue weighted by atomic mass is 9.85. The highest BCUT2D eigenvalue weighted by molar-refractivity contribution is 6.17. The fraction of sp³-hybridized carbons (Fsp3) is 0.533. The molecule has 1 aliphatic carbocycles. The molecule has 1 fully saturated rings. The number of halogens is 1. The fourth-order valence-electron chi connectivity index (χ4n) is 2.48. The van der Waals surface area contributed by atoms with Crippen LogP contribution in [0.15, 0.2) is 24.3 Å². The van der Waals surface area contributed by atoms with Crippen LogP contribution in [0.2, 0.25) is 0 Å². The number of aliphatic hydroxyl groups is 1. The van der Waals surface area contributed by atoms with E-state index in [4.69, 9.17) is 11.6 Å². The Bertz CT molecular complexity index is 424. The SMILES string of the molecule is O=C(NCC1(O)CCCCC1)c1ccc(CCl)cc1. The van der Waals surface area contributed by atoms with Crippen LogP contribution in [0.4, 0.5) is 0 Å². The zero-order chi connectivity index (χ0) is 13.7. The van der Waals surface area contributed by atoms with Crippen molar-refractivity contribution >= 4 is 17.5 Å². The molecule has 0 bridgehead atoms. The molecule has 0 atom stereocenters.